The maximum atomic E-state index is 5.65. The van der Waals surface area contributed by atoms with Gasteiger partial charge in [-0.3, -0.25) is 0 Å². The molecular weight excluding hydrogens is 294 g/mol. The molecule has 0 aromatic heterocycles. The lowest BCUT2D eigenvalue weighted by molar-refractivity contribution is -0.00583. The highest BCUT2D eigenvalue weighted by atomic mass is 16.5. The van der Waals surface area contributed by atoms with Gasteiger partial charge in [-0.1, -0.05) is 34.1 Å². The minimum Gasteiger partial charge on any atom is -0.379 e. The molecule has 0 amide bonds. The van der Waals surface area contributed by atoms with E-state index in [9.17, 15) is 0 Å². The fourth-order valence-electron chi connectivity index (χ4n) is 2.14. The SMILES string of the molecule is CCCCN1CC(COCCOCCOCC(C)(C)CC)NN1. The predicted octanol–water partition coefficient (Wildman–Crippen LogP) is 1.97. The quantitative estimate of drug-likeness (QED) is 0.475. The second-order valence-electron chi connectivity index (χ2n) is 7.01. The summed E-state index contributed by atoms with van der Waals surface area (Å²) >= 11 is 0. The number of hydrogen-bond acceptors (Lipinski definition) is 6. The maximum Gasteiger partial charge on any atom is 0.0701 e. The Morgan fingerprint density at radius 1 is 1.04 bits per heavy atom. The predicted molar refractivity (Wildman–Crippen MR) is 93.1 cm³/mol. The zero-order valence-electron chi connectivity index (χ0n) is 15.5. The summed E-state index contributed by atoms with van der Waals surface area (Å²) in [7, 11) is 0. The van der Waals surface area contributed by atoms with E-state index in [0.29, 0.717) is 39.1 Å². The van der Waals surface area contributed by atoms with Crippen LogP contribution in [0.4, 0.5) is 0 Å². The molecule has 0 spiro atoms. The van der Waals surface area contributed by atoms with Crippen LogP contribution in [-0.4, -0.2) is 63.8 Å². The molecule has 138 valence electrons. The summed E-state index contributed by atoms with van der Waals surface area (Å²) in [6, 6.07) is 0.353. The standard InChI is InChI=1S/C17H37N3O3/c1-5-7-8-20-13-16(18-19-20)14-22-11-9-21-10-12-23-15-17(3,4)6-2/h16,18-19H,5-15H2,1-4H3. The Kier molecular flexibility index (Phi) is 11.0. The smallest absolute Gasteiger partial charge is 0.0701 e. The zero-order valence-corrected chi connectivity index (χ0v) is 15.5. The van der Waals surface area contributed by atoms with Crippen molar-refractivity contribution < 1.29 is 14.2 Å². The fraction of sp³-hybridized carbons (Fsp3) is 1.00. The lowest BCUT2D eigenvalue weighted by atomic mass is 9.92. The number of hydrazine groups is 2. The van der Waals surface area contributed by atoms with Crippen LogP contribution >= 0.6 is 0 Å². The summed E-state index contributed by atoms with van der Waals surface area (Å²) < 4.78 is 16.8. The largest absolute Gasteiger partial charge is 0.379 e. The highest BCUT2D eigenvalue weighted by molar-refractivity contribution is 4.73. The third kappa shape index (κ3) is 10.3. The van der Waals surface area contributed by atoms with Crippen LogP contribution in [0.1, 0.15) is 47.0 Å². The first-order valence-corrected chi connectivity index (χ1v) is 9.06. The number of ether oxygens (including phenoxy) is 3. The second kappa shape index (κ2) is 12.2. The van der Waals surface area contributed by atoms with E-state index in [2.05, 4.69) is 43.7 Å². The van der Waals surface area contributed by atoms with Crippen LogP contribution in [0, 0.1) is 5.41 Å². The van der Waals surface area contributed by atoms with E-state index in [4.69, 9.17) is 14.2 Å². The molecule has 1 saturated heterocycles. The van der Waals surface area contributed by atoms with Gasteiger partial charge in [0.15, 0.2) is 0 Å². The second-order valence-corrected chi connectivity index (χ2v) is 7.01. The van der Waals surface area contributed by atoms with E-state index in [1.165, 1.54) is 12.8 Å². The first-order valence-electron chi connectivity index (χ1n) is 9.06. The van der Waals surface area contributed by atoms with Crippen LogP contribution in [-0.2, 0) is 14.2 Å². The molecule has 0 aromatic carbocycles. The Bertz CT molecular complexity index is 290. The number of hydrogen-bond donors (Lipinski definition) is 2. The van der Waals surface area contributed by atoms with Crippen LogP contribution in [0.15, 0.2) is 0 Å². The molecule has 1 heterocycles. The van der Waals surface area contributed by atoms with Crippen molar-refractivity contribution in [1.29, 1.82) is 0 Å². The van der Waals surface area contributed by atoms with E-state index in [1.807, 2.05) is 0 Å². The molecule has 2 N–H and O–H groups in total. The highest BCUT2D eigenvalue weighted by Gasteiger charge is 2.20. The van der Waals surface area contributed by atoms with Crippen LogP contribution < -0.4 is 11.0 Å². The monoisotopic (exact) mass is 331 g/mol. The average Bonchev–Trinajstić information content (AvgIpc) is 2.99. The number of nitrogens with one attached hydrogen (secondary N) is 2. The summed E-state index contributed by atoms with van der Waals surface area (Å²) in [5.41, 5.74) is 6.69. The van der Waals surface area contributed by atoms with Crippen molar-refractivity contribution in [2.24, 2.45) is 5.41 Å². The van der Waals surface area contributed by atoms with E-state index in [0.717, 1.165) is 26.1 Å². The first-order chi connectivity index (χ1) is 11.1. The van der Waals surface area contributed by atoms with E-state index in [1.54, 1.807) is 0 Å². The molecule has 0 saturated carbocycles. The third-order valence-corrected chi connectivity index (χ3v) is 4.16. The van der Waals surface area contributed by atoms with Crippen LogP contribution in [0.3, 0.4) is 0 Å². The van der Waals surface area contributed by atoms with Gasteiger partial charge in [-0.2, -0.15) is 5.53 Å². The Morgan fingerprint density at radius 3 is 2.43 bits per heavy atom. The normalized spacial score (nSPS) is 19.6. The number of unbranched alkanes of at least 4 members (excludes halogenated alkanes) is 1. The Hall–Kier alpha value is -0.240. The van der Waals surface area contributed by atoms with Crippen molar-refractivity contribution in [3.63, 3.8) is 0 Å². The number of nitrogens with zero attached hydrogens (tertiary/aromatic N) is 1. The van der Waals surface area contributed by atoms with Gasteiger partial charge in [-0.15, -0.1) is 0 Å². The molecule has 0 aliphatic carbocycles. The molecule has 6 nitrogen and oxygen atoms in total. The third-order valence-electron chi connectivity index (χ3n) is 4.16. The fourth-order valence-corrected chi connectivity index (χ4v) is 2.14. The summed E-state index contributed by atoms with van der Waals surface area (Å²) in [6.45, 7) is 15.0. The van der Waals surface area contributed by atoms with Gasteiger partial charge in [-0.05, 0) is 18.3 Å². The molecule has 1 aliphatic rings. The van der Waals surface area contributed by atoms with Gasteiger partial charge in [0.1, 0.15) is 0 Å². The molecule has 1 atom stereocenters. The Labute approximate surface area is 142 Å². The molecule has 0 bridgehead atoms. The molecule has 0 radical (unpaired) electrons. The molecule has 1 aliphatic heterocycles. The van der Waals surface area contributed by atoms with Crippen LogP contribution in [0.25, 0.3) is 0 Å². The van der Waals surface area contributed by atoms with Crippen molar-refractivity contribution in [3.05, 3.63) is 0 Å². The molecule has 6 heteroatoms. The van der Waals surface area contributed by atoms with Crippen molar-refractivity contribution in [3.8, 4) is 0 Å². The van der Waals surface area contributed by atoms with Gasteiger partial charge in [0.05, 0.1) is 45.7 Å². The first kappa shape index (κ1) is 20.8. The summed E-state index contributed by atoms with van der Waals surface area (Å²) in [5, 5.41) is 2.21. The van der Waals surface area contributed by atoms with E-state index < -0.39 is 0 Å². The highest BCUT2D eigenvalue weighted by Crippen LogP contribution is 2.19. The van der Waals surface area contributed by atoms with Gasteiger partial charge in [0.2, 0.25) is 0 Å². The van der Waals surface area contributed by atoms with Crippen molar-refractivity contribution in [2.45, 2.75) is 53.0 Å². The average molecular weight is 332 g/mol. The van der Waals surface area contributed by atoms with Crippen LogP contribution in [0.2, 0.25) is 0 Å². The maximum absolute atomic E-state index is 5.65. The Morgan fingerprint density at radius 2 is 1.74 bits per heavy atom. The summed E-state index contributed by atoms with van der Waals surface area (Å²) in [5.74, 6) is 0. The van der Waals surface area contributed by atoms with Crippen LogP contribution in [0.5, 0.6) is 0 Å². The van der Waals surface area contributed by atoms with Gasteiger partial charge >= 0.3 is 0 Å². The minimum absolute atomic E-state index is 0.260. The topological polar surface area (TPSA) is 55.0 Å². The van der Waals surface area contributed by atoms with Crippen molar-refractivity contribution in [2.75, 3.05) is 52.7 Å². The van der Waals surface area contributed by atoms with E-state index >= 15 is 0 Å². The molecule has 0 aromatic rings. The van der Waals surface area contributed by atoms with Crippen molar-refractivity contribution in [1.82, 2.24) is 16.0 Å². The molecule has 23 heavy (non-hydrogen) atoms. The van der Waals surface area contributed by atoms with Crippen molar-refractivity contribution >= 4 is 0 Å². The van der Waals surface area contributed by atoms with Gasteiger partial charge < -0.3 is 14.2 Å². The summed E-state index contributed by atoms with van der Waals surface area (Å²) in [6.07, 6.45) is 3.56. The van der Waals surface area contributed by atoms with Gasteiger partial charge in [0, 0.05) is 13.1 Å². The van der Waals surface area contributed by atoms with E-state index in [-0.39, 0.29) is 5.41 Å². The Balaban J connectivity index is 1.85. The lowest BCUT2D eigenvalue weighted by Gasteiger charge is -2.22. The molecule has 1 fully saturated rings. The van der Waals surface area contributed by atoms with Gasteiger partial charge in [0.25, 0.3) is 0 Å². The number of rotatable bonds is 14. The summed E-state index contributed by atoms with van der Waals surface area (Å²) in [4.78, 5) is 0. The zero-order chi connectivity index (χ0) is 17.0. The molecule has 1 unspecified atom stereocenters. The lowest BCUT2D eigenvalue weighted by Crippen LogP contribution is -2.38. The molecule has 1 rings (SSSR count). The van der Waals surface area contributed by atoms with Gasteiger partial charge in [-0.25, -0.2) is 10.4 Å². The molecular formula is C17H37N3O3. The minimum atomic E-state index is 0.260.